The molecule has 1 amide bonds. The molecule has 0 spiro atoms. The number of fused-ring (bicyclic) bond motifs is 3. The maximum absolute atomic E-state index is 14.2. The molecule has 0 radical (unpaired) electrons. The van der Waals surface area contributed by atoms with Crippen LogP contribution in [-0.2, 0) is 11.3 Å². The average Bonchev–Trinajstić information content (AvgIpc) is 3.09. The van der Waals surface area contributed by atoms with Crippen LogP contribution in [0.1, 0.15) is 28.5 Å². The van der Waals surface area contributed by atoms with E-state index in [2.05, 4.69) is 10.3 Å². The van der Waals surface area contributed by atoms with Crippen molar-refractivity contribution in [2.75, 3.05) is 20.2 Å². The van der Waals surface area contributed by atoms with Gasteiger partial charge in [0.05, 0.1) is 37.8 Å². The molecule has 0 bridgehead atoms. The number of benzene rings is 1. The first-order chi connectivity index (χ1) is 12.1. The van der Waals surface area contributed by atoms with Crippen LogP contribution in [0.5, 0.6) is 5.75 Å². The lowest BCUT2D eigenvalue weighted by molar-refractivity contribution is -0.0606. The molecule has 2 aliphatic rings. The molecule has 132 valence electrons. The summed E-state index contributed by atoms with van der Waals surface area (Å²) in [5.74, 6) is -2.54. The van der Waals surface area contributed by atoms with Crippen molar-refractivity contribution in [3.05, 3.63) is 41.2 Å². The second-order valence-corrected chi connectivity index (χ2v) is 6.09. The molecule has 2 atom stereocenters. The van der Waals surface area contributed by atoms with E-state index in [4.69, 9.17) is 9.47 Å². The average molecular weight is 350 g/mol. The monoisotopic (exact) mass is 350 g/mol. The van der Waals surface area contributed by atoms with Crippen LogP contribution in [0, 0.1) is 11.6 Å². The summed E-state index contributed by atoms with van der Waals surface area (Å²) in [5, 5.41) is 7.92. The van der Waals surface area contributed by atoms with E-state index in [1.165, 1.54) is 12.0 Å². The summed E-state index contributed by atoms with van der Waals surface area (Å²) < 4.78 is 40.7. The van der Waals surface area contributed by atoms with Gasteiger partial charge in [0.2, 0.25) is 0 Å². The van der Waals surface area contributed by atoms with E-state index in [-0.39, 0.29) is 24.4 Å². The summed E-state index contributed by atoms with van der Waals surface area (Å²) >= 11 is 0. The minimum absolute atomic E-state index is 0.0261. The Balaban J connectivity index is 1.61. The zero-order valence-corrected chi connectivity index (χ0v) is 13.5. The third-order valence-electron chi connectivity index (χ3n) is 4.68. The van der Waals surface area contributed by atoms with Gasteiger partial charge >= 0.3 is 0 Å². The third kappa shape index (κ3) is 2.64. The van der Waals surface area contributed by atoms with Crippen molar-refractivity contribution in [2.45, 2.75) is 25.2 Å². The number of amides is 1. The Morgan fingerprint density at radius 1 is 1.36 bits per heavy atom. The Morgan fingerprint density at radius 3 is 2.84 bits per heavy atom. The highest BCUT2D eigenvalue weighted by Crippen LogP contribution is 2.31. The van der Waals surface area contributed by atoms with Gasteiger partial charge in [0.15, 0.2) is 0 Å². The molecular weight excluding hydrogens is 334 g/mol. The Morgan fingerprint density at radius 2 is 2.12 bits per heavy atom. The number of hydrogen-bond acceptors (Lipinski definition) is 5. The van der Waals surface area contributed by atoms with Crippen molar-refractivity contribution >= 4 is 5.91 Å². The quantitative estimate of drug-likeness (QED) is 0.822. The fourth-order valence-electron chi connectivity index (χ4n) is 3.39. The highest BCUT2D eigenvalue weighted by Gasteiger charge is 2.39. The Labute approximate surface area is 142 Å². The molecular formula is C16H16F2N4O3. The summed E-state index contributed by atoms with van der Waals surface area (Å²) in [4.78, 5) is 14.1. The molecule has 1 saturated heterocycles. The number of ether oxygens (including phenoxy) is 2. The number of carbonyl (C=O) groups excluding carboxylic acids is 1. The van der Waals surface area contributed by atoms with Gasteiger partial charge < -0.3 is 14.4 Å². The first kappa shape index (κ1) is 15.9. The standard InChI is InChI=1S/C16H16F2N4O3/c1-24-10-4-11(17)15(12(18)5-10)16(23)21-3-2-14-13(7-21)22-9(8-25-14)6-19-20-22/h4-6,13-14H,2-3,7-8H2,1H3/t13-,14-/m1/s1. The molecule has 4 rings (SSSR count). The molecule has 2 aliphatic heterocycles. The molecule has 2 aromatic rings. The molecule has 1 aromatic heterocycles. The summed E-state index contributed by atoms with van der Waals surface area (Å²) in [6, 6.07) is 1.79. The predicted molar refractivity (Wildman–Crippen MR) is 81.1 cm³/mol. The third-order valence-corrected chi connectivity index (χ3v) is 4.68. The van der Waals surface area contributed by atoms with Gasteiger partial charge in [0.25, 0.3) is 5.91 Å². The van der Waals surface area contributed by atoms with E-state index in [9.17, 15) is 13.6 Å². The van der Waals surface area contributed by atoms with Crippen LogP contribution in [0.4, 0.5) is 8.78 Å². The lowest BCUT2D eigenvalue weighted by Gasteiger charge is -2.41. The van der Waals surface area contributed by atoms with E-state index in [1.54, 1.807) is 10.9 Å². The van der Waals surface area contributed by atoms with Crippen LogP contribution in [0.2, 0.25) is 0 Å². The number of methoxy groups -OCH3 is 1. The zero-order chi connectivity index (χ0) is 17.6. The minimum atomic E-state index is -0.940. The molecule has 1 aromatic carbocycles. The molecule has 0 N–H and O–H groups in total. The zero-order valence-electron chi connectivity index (χ0n) is 13.5. The van der Waals surface area contributed by atoms with Crippen molar-refractivity contribution < 1.29 is 23.0 Å². The summed E-state index contributed by atoms with van der Waals surface area (Å²) in [5.41, 5.74) is 0.243. The topological polar surface area (TPSA) is 69.5 Å². The summed E-state index contributed by atoms with van der Waals surface area (Å²) in [6.45, 7) is 1.03. The van der Waals surface area contributed by atoms with Gasteiger partial charge in [-0.25, -0.2) is 13.5 Å². The van der Waals surface area contributed by atoms with E-state index >= 15 is 0 Å². The van der Waals surface area contributed by atoms with E-state index in [0.717, 1.165) is 17.8 Å². The van der Waals surface area contributed by atoms with Crippen LogP contribution in [0.15, 0.2) is 18.3 Å². The van der Waals surface area contributed by atoms with Crippen LogP contribution in [0.3, 0.4) is 0 Å². The van der Waals surface area contributed by atoms with Gasteiger partial charge in [-0.3, -0.25) is 4.79 Å². The number of rotatable bonds is 2. The number of halogens is 2. The van der Waals surface area contributed by atoms with Gasteiger partial charge in [-0.2, -0.15) is 0 Å². The lowest BCUT2D eigenvalue weighted by Crippen LogP contribution is -2.50. The molecule has 7 nitrogen and oxygen atoms in total. The maximum Gasteiger partial charge on any atom is 0.259 e. The van der Waals surface area contributed by atoms with Gasteiger partial charge in [0.1, 0.15) is 22.9 Å². The van der Waals surface area contributed by atoms with Gasteiger partial charge in [-0.15, -0.1) is 5.10 Å². The Kier molecular flexibility index (Phi) is 3.87. The molecule has 9 heteroatoms. The fraction of sp³-hybridized carbons (Fsp3) is 0.438. The van der Waals surface area contributed by atoms with Crippen molar-refractivity contribution in [3.8, 4) is 5.75 Å². The van der Waals surface area contributed by atoms with Gasteiger partial charge in [0, 0.05) is 25.2 Å². The van der Waals surface area contributed by atoms with E-state index in [1.807, 2.05) is 0 Å². The smallest absolute Gasteiger partial charge is 0.259 e. The van der Waals surface area contributed by atoms with Crippen molar-refractivity contribution in [2.24, 2.45) is 0 Å². The molecule has 0 saturated carbocycles. The molecule has 1 fully saturated rings. The first-order valence-electron chi connectivity index (χ1n) is 7.91. The van der Waals surface area contributed by atoms with Crippen LogP contribution in [-0.4, -0.2) is 52.1 Å². The molecule has 25 heavy (non-hydrogen) atoms. The predicted octanol–water partition coefficient (Wildman–Crippen LogP) is 1.55. The minimum Gasteiger partial charge on any atom is -0.497 e. The number of nitrogens with zero attached hydrogens (tertiary/aromatic N) is 4. The molecule has 3 heterocycles. The normalized spacial score (nSPS) is 22.3. The van der Waals surface area contributed by atoms with Gasteiger partial charge in [-0.05, 0) is 6.42 Å². The van der Waals surface area contributed by atoms with Crippen molar-refractivity contribution in [1.82, 2.24) is 19.9 Å². The number of likely N-dealkylation sites (tertiary alicyclic amines) is 1. The second-order valence-electron chi connectivity index (χ2n) is 6.09. The van der Waals surface area contributed by atoms with E-state index < -0.39 is 23.1 Å². The van der Waals surface area contributed by atoms with Crippen LogP contribution < -0.4 is 4.74 Å². The number of carbonyl (C=O) groups is 1. The molecule has 0 aliphatic carbocycles. The Hall–Kier alpha value is -2.55. The second kappa shape index (κ2) is 6.07. The van der Waals surface area contributed by atoms with Crippen LogP contribution in [0.25, 0.3) is 0 Å². The lowest BCUT2D eigenvalue weighted by atomic mass is 9.99. The number of piperidine rings is 1. The molecule has 0 unspecified atom stereocenters. The van der Waals surface area contributed by atoms with Crippen molar-refractivity contribution in [1.29, 1.82) is 0 Å². The number of aromatic nitrogens is 3. The fourth-order valence-corrected chi connectivity index (χ4v) is 3.39. The largest absolute Gasteiger partial charge is 0.497 e. The highest BCUT2D eigenvalue weighted by atomic mass is 19.1. The summed E-state index contributed by atoms with van der Waals surface area (Å²) in [6.07, 6.45) is 2.08. The Bertz CT molecular complexity index is 802. The highest BCUT2D eigenvalue weighted by molar-refractivity contribution is 5.95. The summed E-state index contributed by atoms with van der Waals surface area (Å²) in [7, 11) is 1.30. The van der Waals surface area contributed by atoms with Gasteiger partial charge in [-0.1, -0.05) is 5.21 Å². The first-order valence-corrected chi connectivity index (χ1v) is 7.91. The van der Waals surface area contributed by atoms with Crippen LogP contribution >= 0.6 is 0 Å². The SMILES string of the molecule is COc1cc(F)c(C(=O)N2CC[C@H]3OCc4cnnn4[C@@H]3C2)c(F)c1. The van der Waals surface area contributed by atoms with E-state index in [0.29, 0.717) is 19.6 Å². The number of hydrogen-bond donors (Lipinski definition) is 0. The van der Waals surface area contributed by atoms with Crippen molar-refractivity contribution in [3.63, 3.8) is 0 Å². The maximum atomic E-state index is 14.2.